The van der Waals surface area contributed by atoms with E-state index in [1.807, 2.05) is 41.4 Å². The maximum absolute atomic E-state index is 12.8. The summed E-state index contributed by atoms with van der Waals surface area (Å²) in [4.78, 5) is 14.7. The van der Waals surface area contributed by atoms with Gasteiger partial charge in [0.25, 0.3) is 0 Å². The first-order valence-electron chi connectivity index (χ1n) is 9.06. The Hall–Kier alpha value is -2.09. The molecule has 7 nitrogen and oxygen atoms in total. The minimum Gasteiger partial charge on any atom is -0.383 e. The molecular formula is C19H29N5O2. The lowest BCUT2D eigenvalue weighted by Crippen LogP contribution is -2.59. The van der Waals surface area contributed by atoms with Crippen molar-refractivity contribution in [3.05, 3.63) is 47.7 Å². The summed E-state index contributed by atoms with van der Waals surface area (Å²) in [5.74, 6) is 0. The molecule has 4 N–H and O–H groups in total. The van der Waals surface area contributed by atoms with Crippen LogP contribution in [0.25, 0.3) is 0 Å². The summed E-state index contributed by atoms with van der Waals surface area (Å²) >= 11 is 0. The monoisotopic (exact) mass is 359 g/mol. The van der Waals surface area contributed by atoms with Crippen LogP contribution in [0, 0.1) is 0 Å². The number of methoxy groups -OCH3 is 1. The van der Waals surface area contributed by atoms with Gasteiger partial charge in [-0.3, -0.25) is 10.6 Å². The summed E-state index contributed by atoms with van der Waals surface area (Å²) in [6.07, 6.45) is 2.01. The summed E-state index contributed by atoms with van der Waals surface area (Å²) in [7, 11) is 1.69. The predicted molar refractivity (Wildman–Crippen MR) is 101 cm³/mol. The van der Waals surface area contributed by atoms with Gasteiger partial charge in [-0.25, -0.2) is 4.79 Å². The van der Waals surface area contributed by atoms with E-state index in [0.717, 1.165) is 12.1 Å². The van der Waals surface area contributed by atoms with Crippen LogP contribution in [0.5, 0.6) is 0 Å². The molecule has 2 aliphatic heterocycles. The minimum absolute atomic E-state index is 0.0259. The second kappa shape index (κ2) is 8.07. The lowest BCUT2D eigenvalue weighted by atomic mass is 9.93. The molecule has 0 saturated carbocycles. The Morgan fingerprint density at radius 2 is 2.12 bits per heavy atom. The van der Waals surface area contributed by atoms with Crippen LogP contribution in [0.15, 0.2) is 42.1 Å². The number of likely N-dealkylation sites (tertiary alicyclic amines) is 1. The van der Waals surface area contributed by atoms with E-state index in [1.54, 1.807) is 7.11 Å². The van der Waals surface area contributed by atoms with Gasteiger partial charge in [-0.15, -0.1) is 0 Å². The highest BCUT2D eigenvalue weighted by atomic mass is 16.5. The molecule has 2 aliphatic rings. The van der Waals surface area contributed by atoms with Gasteiger partial charge in [-0.1, -0.05) is 30.3 Å². The first kappa shape index (κ1) is 18.7. The number of benzene rings is 1. The third-order valence-corrected chi connectivity index (χ3v) is 5.08. The second-order valence-electron chi connectivity index (χ2n) is 7.18. The zero-order valence-electron chi connectivity index (χ0n) is 15.7. The highest BCUT2D eigenvalue weighted by Gasteiger charge is 2.47. The summed E-state index contributed by atoms with van der Waals surface area (Å²) < 4.78 is 5.07. The van der Waals surface area contributed by atoms with Crippen LogP contribution in [0.4, 0.5) is 4.79 Å². The average Bonchev–Trinajstić information content (AvgIpc) is 2.91. The molecule has 2 heterocycles. The van der Waals surface area contributed by atoms with Crippen molar-refractivity contribution < 1.29 is 9.53 Å². The first-order valence-corrected chi connectivity index (χ1v) is 9.06. The van der Waals surface area contributed by atoms with E-state index in [2.05, 4.69) is 35.1 Å². The number of urea groups is 1. The van der Waals surface area contributed by atoms with Crippen molar-refractivity contribution in [3.63, 3.8) is 0 Å². The number of nitrogens with one attached hydrogen (secondary N) is 4. The zero-order valence-corrected chi connectivity index (χ0v) is 15.7. The van der Waals surface area contributed by atoms with E-state index in [-0.39, 0.29) is 23.9 Å². The molecule has 3 rings (SSSR count). The maximum atomic E-state index is 12.8. The van der Waals surface area contributed by atoms with Gasteiger partial charge in [0.15, 0.2) is 0 Å². The van der Waals surface area contributed by atoms with Gasteiger partial charge in [0.1, 0.15) is 6.29 Å². The number of nitrogens with zero attached hydrogens (tertiary/aromatic N) is 1. The molecule has 1 fully saturated rings. The first-order chi connectivity index (χ1) is 12.5. The van der Waals surface area contributed by atoms with Gasteiger partial charge in [-0.2, -0.15) is 0 Å². The number of hydrogen-bond donors (Lipinski definition) is 4. The minimum atomic E-state index is -0.344. The molecule has 142 valence electrons. The van der Waals surface area contributed by atoms with Crippen molar-refractivity contribution in [2.75, 3.05) is 26.8 Å². The van der Waals surface area contributed by atoms with E-state index in [1.165, 1.54) is 5.57 Å². The Balaban J connectivity index is 1.59. The van der Waals surface area contributed by atoms with Crippen LogP contribution < -0.4 is 21.3 Å². The Bertz CT molecular complexity index is 647. The number of carbonyl (C=O) groups excluding carboxylic acids is 1. The molecule has 2 amide bonds. The molecule has 26 heavy (non-hydrogen) atoms. The van der Waals surface area contributed by atoms with Crippen LogP contribution in [0.1, 0.15) is 19.4 Å². The van der Waals surface area contributed by atoms with E-state index in [4.69, 9.17) is 4.74 Å². The number of hydrogen-bond acceptors (Lipinski definition) is 5. The van der Waals surface area contributed by atoms with Crippen molar-refractivity contribution in [2.45, 2.75) is 38.3 Å². The molecule has 2 unspecified atom stereocenters. The van der Waals surface area contributed by atoms with Crippen LogP contribution >= 0.6 is 0 Å². The Morgan fingerprint density at radius 3 is 2.85 bits per heavy atom. The third-order valence-electron chi connectivity index (χ3n) is 5.08. The van der Waals surface area contributed by atoms with Gasteiger partial charge in [-0.05, 0) is 25.0 Å². The molecule has 0 radical (unpaired) electrons. The lowest BCUT2D eigenvalue weighted by molar-refractivity contribution is 0.172. The quantitative estimate of drug-likeness (QED) is 0.569. The molecule has 0 aliphatic carbocycles. The van der Waals surface area contributed by atoms with Gasteiger partial charge >= 0.3 is 6.03 Å². The summed E-state index contributed by atoms with van der Waals surface area (Å²) in [5, 5.41) is 13.2. The smallest absolute Gasteiger partial charge is 0.318 e. The standard InChI is InChI=1S/C19H29N5O2/c1-19(2)15-12-21-17(20-9-10-26-3)23-16(15)13-24(19)18(25)22-11-14-7-5-4-6-8-14/h4-8,12,16-17,20-21,23H,9-11,13H2,1-3H3,(H,22,25). The third kappa shape index (κ3) is 4.00. The van der Waals surface area contributed by atoms with E-state index >= 15 is 0 Å². The average molecular weight is 359 g/mol. The van der Waals surface area contributed by atoms with Crippen molar-refractivity contribution in [3.8, 4) is 0 Å². The molecule has 0 aromatic heterocycles. The van der Waals surface area contributed by atoms with E-state index < -0.39 is 0 Å². The number of rotatable bonds is 6. The highest BCUT2D eigenvalue weighted by Crippen LogP contribution is 2.35. The van der Waals surface area contributed by atoms with Crippen LogP contribution in [0.3, 0.4) is 0 Å². The van der Waals surface area contributed by atoms with Gasteiger partial charge in [0.2, 0.25) is 0 Å². The number of carbonyl (C=O) groups is 1. The molecule has 1 aromatic rings. The Labute approximate surface area is 155 Å². The normalized spacial score (nSPS) is 23.8. The van der Waals surface area contributed by atoms with Crippen molar-refractivity contribution in [1.82, 2.24) is 26.2 Å². The van der Waals surface area contributed by atoms with Crippen molar-refractivity contribution >= 4 is 6.03 Å². The van der Waals surface area contributed by atoms with E-state index in [9.17, 15) is 4.79 Å². The molecular weight excluding hydrogens is 330 g/mol. The number of ether oxygens (including phenoxy) is 1. The van der Waals surface area contributed by atoms with Crippen molar-refractivity contribution in [1.29, 1.82) is 0 Å². The van der Waals surface area contributed by atoms with Gasteiger partial charge in [0.05, 0.1) is 18.2 Å². The number of amides is 2. The largest absolute Gasteiger partial charge is 0.383 e. The molecule has 7 heteroatoms. The molecule has 0 bridgehead atoms. The Morgan fingerprint density at radius 1 is 1.35 bits per heavy atom. The zero-order chi connectivity index (χ0) is 18.6. The fourth-order valence-corrected chi connectivity index (χ4v) is 3.56. The molecule has 1 aromatic carbocycles. The second-order valence-corrected chi connectivity index (χ2v) is 7.18. The van der Waals surface area contributed by atoms with Gasteiger partial charge in [0, 0.05) is 32.9 Å². The summed E-state index contributed by atoms with van der Waals surface area (Å²) in [6, 6.07) is 10.1. The lowest BCUT2D eigenvalue weighted by Gasteiger charge is -2.34. The van der Waals surface area contributed by atoms with Crippen LogP contribution in [-0.2, 0) is 11.3 Å². The topological polar surface area (TPSA) is 77.7 Å². The maximum Gasteiger partial charge on any atom is 0.318 e. The van der Waals surface area contributed by atoms with Crippen molar-refractivity contribution in [2.24, 2.45) is 0 Å². The van der Waals surface area contributed by atoms with E-state index in [0.29, 0.717) is 19.7 Å². The molecule has 0 spiro atoms. The van der Waals surface area contributed by atoms with Crippen LogP contribution in [0.2, 0.25) is 0 Å². The fourth-order valence-electron chi connectivity index (χ4n) is 3.56. The highest BCUT2D eigenvalue weighted by molar-refractivity contribution is 5.77. The summed E-state index contributed by atoms with van der Waals surface area (Å²) in [6.45, 7) is 6.75. The molecule has 2 atom stereocenters. The van der Waals surface area contributed by atoms with Crippen LogP contribution in [-0.4, -0.2) is 55.6 Å². The Kier molecular flexibility index (Phi) is 5.80. The summed E-state index contributed by atoms with van der Waals surface area (Å²) in [5.41, 5.74) is 1.94. The SMILES string of the molecule is COCCNC1NC=C2C(CN(C(=O)NCc3ccccc3)C2(C)C)N1. The van der Waals surface area contributed by atoms with Gasteiger partial charge < -0.3 is 20.3 Å². The molecule has 1 saturated heterocycles. The predicted octanol–water partition coefficient (Wildman–Crippen LogP) is 0.955. The fraction of sp³-hybridized carbons (Fsp3) is 0.526. The number of fused-ring (bicyclic) bond motifs is 1.